The number of methoxy groups -OCH3 is 1. The largest absolute Gasteiger partial charge is 0.497 e. The Morgan fingerprint density at radius 3 is 2.38 bits per heavy atom. The highest BCUT2D eigenvalue weighted by molar-refractivity contribution is 7.92. The zero-order valence-corrected chi connectivity index (χ0v) is 19.5. The van der Waals surface area contributed by atoms with Crippen LogP contribution in [0.4, 0.5) is 5.69 Å². The molecule has 0 saturated carbocycles. The van der Waals surface area contributed by atoms with Crippen molar-refractivity contribution in [3.63, 3.8) is 0 Å². The number of ether oxygens (including phenoxy) is 1. The third-order valence-electron chi connectivity index (χ3n) is 5.23. The molecule has 32 heavy (non-hydrogen) atoms. The van der Waals surface area contributed by atoms with E-state index >= 15 is 0 Å². The van der Waals surface area contributed by atoms with Gasteiger partial charge in [0.1, 0.15) is 12.3 Å². The number of nitrogens with one attached hydrogen (secondary N) is 1. The molecular weight excluding hydrogens is 424 g/mol. The van der Waals surface area contributed by atoms with E-state index in [-0.39, 0.29) is 17.5 Å². The molecule has 0 heterocycles. The monoisotopic (exact) mass is 452 g/mol. The van der Waals surface area contributed by atoms with Gasteiger partial charge in [-0.25, -0.2) is 8.42 Å². The molecule has 1 amide bonds. The molecule has 3 aromatic carbocycles. The first-order valence-electron chi connectivity index (χ1n) is 10.3. The molecule has 7 heteroatoms. The molecule has 0 spiro atoms. The van der Waals surface area contributed by atoms with Crippen LogP contribution in [0.15, 0.2) is 77.7 Å². The average molecular weight is 453 g/mol. The molecule has 0 radical (unpaired) electrons. The first kappa shape index (κ1) is 23.3. The lowest BCUT2D eigenvalue weighted by molar-refractivity contribution is -0.120. The Labute approximate surface area is 189 Å². The predicted molar refractivity (Wildman–Crippen MR) is 126 cm³/mol. The molecule has 0 fully saturated rings. The van der Waals surface area contributed by atoms with Crippen molar-refractivity contribution in [3.8, 4) is 5.75 Å². The van der Waals surface area contributed by atoms with Crippen LogP contribution in [-0.2, 0) is 14.8 Å². The summed E-state index contributed by atoms with van der Waals surface area (Å²) in [7, 11) is -2.46. The van der Waals surface area contributed by atoms with Gasteiger partial charge in [0, 0.05) is 6.07 Å². The molecule has 3 rings (SSSR count). The van der Waals surface area contributed by atoms with Gasteiger partial charge in [-0.3, -0.25) is 9.10 Å². The van der Waals surface area contributed by atoms with Gasteiger partial charge < -0.3 is 10.1 Å². The molecule has 6 nitrogen and oxygen atoms in total. The number of carbonyl (C=O) groups is 1. The van der Waals surface area contributed by atoms with Crippen molar-refractivity contribution >= 4 is 21.6 Å². The predicted octanol–water partition coefficient (Wildman–Crippen LogP) is 4.38. The van der Waals surface area contributed by atoms with E-state index in [1.165, 1.54) is 19.2 Å². The Bertz CT molecular complexity index is 1190. The first-order valence-corrected chi connectivity index (χ1v) is 11.7. The van der Waals surface area contributed by atoms with Gasteiger partial charge >= 0.3 is 0 Å². The van der Waals surface area contributed by atoms with Gasteiger partial charge in [-0.1, -0.05) is 48.0 Å². The Kier molecular flexibility index (Phi) is 7.20. The standard InChI is InChI=1S/C25H28N2O4S/c1-18-13-14-24(19(2)15-18)20(3)26-25(28)17-27(21-9-8-10-22(16-21)31-4)32(29,30)23-11-6-5-7-12-23/h5-16,20H,17H2,1-4H3,(H,26,28)/t20-/m0/s1. The Balaban J connectivity index is 1.90. The van der Waals surface area contributed by atoms with Gasteiger partial charge in [0.25, 0.3) is 10.0 Å². The maximum absolute atomic E-state index is 13.4. The third-order valence-corrected chi connectivity index (χ3v) is 7.02. The molecule has 0 bridgehead atoms. The van der Waals surface area contributed by atoms with E-state index < -0.39 is 15.9 Å². The summed E-state index contributed by atoms with van der Waals surface area (Å²) in [6.07, 6.45) is 0. The van der Waals surface area contributed by atoms with Crippen LogP contribution >= 0.6 is 0 Å². The summed E-state index contributed by atoms with van der Waals surface area (Å²) in [5.41, 5.74) is 3.55. The smallest absolute Gasteiger partial charge is 0.264 e. The number of hydrogen-bond donors (Lipinski definition) is 1. The van der Waals surface area contributed by atoms with Crippen LogP contribution in [0, 0.1) is 13.8 Å². The fourth-order valence-electron chi connectivity index (χ4n) is 3.61. The van der Waals surface area contributed by atoms with Crippen LogP contribution in [0.3, 0.4) is 0 Å². The summed E-state index contributed by atoms with van der Waals surface area (Å²) in [5.74, 6) is 0.0969. The first-order chi connectivity index (χ1) is 15.2. The lowest BCUT2D eigenvalue weighted by atomic mass is 10.0. The van der Waals surface area contributed by atoms with Gasteiger partial charge in [0.15, 0.2) is 0 Å². The Morgan fingerprint density at radius 1 is 1.00 bits per heavy atom. The van der Waals surface area contributed by atoms with Gasteiger partial charge in [0.2, 0.25) is 5.91 Å². The molecule has 3 aromatic rings. The number of anilines is 1. The lowest BCUT2D eigenvalue weighted by Gasteiger charge is -2.25. The number of hydrogen-bond acceptors (Lipinski definition) is 4. The lowest BCUT2D eigenvalue weighted by Crippen LogP contribution is -2.41. The molecule has 168 valence electrons. The number of nitrogens with zero attached hydrogens (tertiary/aromatic N) is 1. The Hall–Kier alpha value is -3.32. The third kappa shape index (κ3) is 5.29. The number of carbonyl (C=O) groups excluding carboxylic acids is 1. The summed E-state index contributed by atoms with van der Waals surface area (Å²) >= 11 is 0. The second-order valence-electron chi connectivity index (χ2n) is 7.68. The highest BCUT2D eigenvalue weighted by Gasteiger charge is 2.28. The number of amides is 1. The van der Waals surface area contributed by atoms with Crippen LogP contribution in [0.25, 0.3) is 0 Å². The fraction of sp³-hybridized carbons (Fsp3) is 0.240. The van der Waals surface area contributed by atoms with Crippen molar-refractivity contribution in [2.45, 2.75) is 31.7 Å². The zero-order chi connectivity index (χ0) is 23.3. The van der Waals surface area contributed by atoms with E-state index in [0.717, 1.165) is 21.0 Å². The summed E-state index contributed by atoms with van der Waals surface area (Å²) < 4.78 is 33.2. The van der Waals surface area contributed by atoms with Crippen molar-refractivity contribution in [3.05, 3.63) is 89.5 Å². The summed E-state index contributed by atoms with van der Waals surface area (Å²) in [5, 5.41) is 2.93. The van der Waals surface area contributed by atoms with Crippen molar-refractivity contribution in [2.75, 3.05) is 18.0 Å². The van der Waals surface area contributed by atoms with Crippen molar-refractivity contribution in [1.29, 1.82) is 0 Å². The highest BCUT2D eigenvalue weighted by Crippen LogP contribution is 2.27. The quantitative estimate of drug-likeness (QED) is 0.550. The van der Waals surface area contributed by atoms with Crippen molar-refractivity contribution < 1.29 is 17.9 Å². The number of benzene rings is 3. The molecule has 1 N–H and O–H groups in total. The molecule has 0 aromatic heterocycles. The van der Waals surface area contributed by atoms with Crippen LogP contribution in [0.1, 0.15) is 29.7 Å². The van der Waals surface area contributed by atoms with Gasteiger partial charge in [-0.15, -0.1) is 0 Å². The molecular formula is C25H28N2O4S. The number of aryl methyl sites for hydroxylation is 2. The minimum absolute atomic E-state index is 0.109. The summed E-state index contributed by atoms with van der Waals surface area (Å²) in [6, 6.07) is 20.5. The summed E-state index contributed by atoms with van der Waals surface area (Å²) in [6.45, 7) is 5.53. The van der Waals surface area contributed by atoms with E-state index in [2.05, 4.69) is 11.4 Å². The van der Waals surface area contributed by atoms with Gasteiger partial charge in [-0.05, 0) is 56.2 Å². The number of rotatable bonds is 8. The fourth-order valence-corrected chi connectivity index (χ4v) is 5.04. The molecule has 0 aliphatic rings. The maximum atomic E-state index is 13.4. The second kappa shape index (κ2) is 9.87. The average Bonchev–Trinajstić information content (AvgIpc) is 2.77. The minimum Gasteiger partial charge on any atom is -0.497 e. The number of sulfonamides is 1. The molecule has 0 saturated heterocycles. The van der Waals surface area contributed by atoms with Crippen LogP contribution < -0.4 is 14.4 Å². The normalized spacial score (nSPS) is 12.1. The zero-order valence-electron chi connectivity index (χ0n) is 18.7. The molecule has 0 unspecified atom stereocenters. The van der Waals surface area contributed by atoms with Crippen molar-refractivity contribution in [1.82, 2.24) is 5.32 Å². The van der Waals surface area contributed by atoms with E-state index in [4.69, 9.17) is 4.74 Å². The van der Waals surface area contributed by atoms with E-state index in [9.17, 15) is 13.2 Å². The van der Waals surface area contributed by atoms with E-state index in [1.54, 1.807) is 42.5 Å². The van der Waals surface area contributed by atoms with Gasteiger partial charge in [0.05, 0.1) is 23.7 Å². The minimum atomic E-state index is -3.97. The second-order valence-corrected chi connectivity index (χ2v) is 9.54. The van der Waals surface area contributed by atoms with Crippen molar-refractivity contribution in [2.24, 2.45) is 0 Å². The Morgan fingerprint density at radius 2 is 1.72 bits per heavy atom. The molecule has 0 aliphatic heterocycles. The van der Waals surface area contributed by atoms with E-state index in [1.807, 2.05) is 32.9 Å². The highest BCUT2D eigenvalue weighted by atomic mass is 32.2. The summed E-state index contributed by atoms with van der Waals surface area (Å²) in [4.78, 5) is 13.1. The van der Waals surface area contributed by atoms with E-state index in [0.29, 0.717) is 11.4 Å². The molecule has 1 atom stereocenters. The maximum Gasteiger partial charge on any atom is 0.264 e. The topological polar surface area (TPSA) is 75.7 Å². The molecule has 0 aliphatic carbocycles. The van der Waals surface area contributed by atoms with Gasteiger partial charge in [-0.2, -0.15) is 0 Å². The van der Waals surface area contributed by atoms with Crippen LogP contribution in [0.2, 0.25) is 0 Å². The van der Waals surface area contributed by atoms with Crippen LogP contribution in [0.5, 0.6) is 5.75 Å². The van der Waals surface area contributed by atoms with Crippen LogP contribution in [-0.4, -0.2) is 28.0 Å². The SMILES string of the molecule is COc1cccc(N(CC(=O)N[C@@H](C)c2ccc(C)cc2C)S(=O)(=O)c2ccccc2)c1.